The van der Waals surface area contributed by atoms with Gasteiger partial charge in [0.1, 0.15) is 11.6 Å². The summed E-state index contributed by atoms with van der Waals surface area (Å²) in [6, 6.07) is 11.4. The van der Waals surface area contributed by atoms with Crippen molar-refractivity contribution in [3.05, 3.63) is 75.2 Å². The lowest BCUT2D eigenvalue weighted by molar-refractivity contribution is -0.384. The third kappa shape index (κ3) is 4.52. The van der Waals surface area contributed by atoms with E-state index < -0.39 is 16.6 Å². The van der Waals surface area contributed by atoms with E-state index in [1.165, 1.54) is 36.4 Å². The number of halogens is 2. The van der Waals surface area contributed by atoms with Crippen molar-refractivity contribution in [2.24, 2.45) is 0 Å². The fraction of sp³-hybridized carbons (Fsp3) is 0.190. The van der Waals surface area contributed by atoms with Crippen LogP contribution in [0.2, 0.25) is 5.02 Å². The molecule has 8 nitrogen and oxygen atoms in total. The summed E-state index contributed by atoms with van der Waals surface area (Å²) in [6.07, 6.45) is 0. The molecular formula is C21H17ClFN3O5. The quantitative estimate of drug-likeness (QED) is 0.450. The lowest BCUT2D eigenvalue weighted by Gasteiger charge is -2.30. The van der Waals surface area contributed by atoms with Gasteiger partial charge in [0, 0.05) is 30.8 Å². The van der Waals surface area contributed by atoms with Gasteiger partial charge >= 0.3 is 0 Å². The SMILES string of the molecule is O=C(Nc1cc([N+](=O)[O-])ccc1N1CCOCC1)c1ccc(-c2ccc(F)c(Cl)c2)o1. The Kier molecular flexibility index (Phi) is 5.88. The Balaban J connectivity index is 1.60. The largest absolute Gasteiger partial charge is 0.451 e. The number of carbonyl (C=O) groups is 1. The van der Waals surface area contributed by atoms with E-state index in [0.717, 1.165) is 0 Å². The van der Waals surface area contributed by atoms with Gasteiger partial charge in [0.25, 0.3) is 11.6 Å². The summed E-state index contributed by atoms with van der Waals surface area (Å²) >= 11 is 5.81. The van der Waals surface area contributed by atoms with Crippen LogP contribution in [0.4, 0.5) is 21.5 Å². The number of nitrogens with one attached hydrogen (secondary N) is 1. The van der Waals surface area contributed by atoms with Crippen LogP contribution in [0, 0.1) is 15.9 Å². The molecule has 1 N–H and O–H groups in total. The molecule has 0 saturated carbocycles. The topological polar surface area (TPSA) is 97.8 Å². The van der Waals surface area contributed by atoms with Gasteiger partial charge < -0.3 is 19.4 Å². The predicted molar refractivity (Wildman–Crippen MR) is 113 cm³/mol. The standard InChI is InChI=1S/C21H17ClFN3O5/c22-15-11-13(1-3-16(15)23)19-5-6-20(31-19)21(27)24-17-12-14(26(28)29)2-4-18(17)25-7-9-30-10-8-25/h1-6,11-12H,7-10H2,(H,24,27). The van der Waals surface area contributed by atoms with Crippen LogP contribution >= 0.6 is 11.6 Å². The maximum atomic E-state index is 13.4. The number of nitrogens with zero attached hydrogens (tertiary/aromatic N) is 2. The molecule has 31 heavy (non-hydrogen) atoms. The van der Waals surface area contributed by atoms with Gasteiger partial charge in [-0.3, -0.25) is 14.9 Å². The van der Waals surface area contributed by atoms with Crippen molar-refractivity contribution in [3.8, 4) is 11.3 Å². The van der Waals surface area contributed by atoms with E-state index in [1.807, 2.05) is 4.90 Å². The van der Waals surface area contributed by atoms with E-state index in [4.69, 9.17) is 20.8 Å². The second kappa shape index (κ2) is 8.75. The van der Waals surface area contributed by atoms with Crippen molar-refractivity contribution in [1.82, 2.24) is 0 Å². The zero-order valence-electron chi connectivity index (χ0n) is 16.1. The third-order valence-corrected chi connectivity index (χ3v) is 5.11. The zero-order valence-corrected chi connectivity index (χ0v) is 16.9. The maximum absolute atomic E-state index is 13.4. The van der Waals surface area contributed by atoms with Crippen LogP contribution in [0.1, 0.15) is 10.6 Å². The minimum Gasteiger partial charge on any atom is -0.451 e. The maximum Gasteiger partial charge on any atom is 0.291 e. The number of benzene rings is 2. The molecule has 1 aromatic heterocycles. The molecule has 2 aromatic carbocycles. The highest BCUT2D eigenvalue weighted by atomic mass is 35.5. The van der Waals surface area contributed by atoms with Crippen molar-refractivity contribution in [3.63, 3.8) is 0 Å². The monoisotopic (exact) mass is 445 g/mol. The van der Waals surface area contributed by atoms with E-state index >= 15 is 0 Å². The molecule has 0 bridgehead atoms. The number of nitro benzene ring substituents is 1. The van der Waals surface area contributed by atoms with Gasteiger partial charge in [-0.1, -0.05) is 11.6 Å². The summed E-state index contributed by atoms with van der Waals surface area (Å²) in [5, 5.41) is 13.8. The first kappa shape index (κ1) is 20.8. The van der Waals surface area contributed by atoms with Crippen molar-refractivity contribution in [1.29, 1.82) is 0 Å². The summed E-state index contributed by atoms with van der Waals surface area (Å²) in [6.45, 7) is 2.23. The van der Waals surface area contributed by atoms with Gasteiger partial charge in [-0.15, -0.1) is 0 Å². The molecule has 1 saturated heterocycles. The van der Waals surface area contributed by atoms with E-state index in [-0.39, 0.29) is 16.5 Å². The Morgan fingerprint density at radius 1 is 1.13 bits per heavy atom. The van der Waals surface area contributed by atoms with Crippen LogP contribution in [-0.4, -0.2) is 37.1 Å². The van der Waals surface area contributed by atoms with Crippen LogP contribution in [0.15, 0.2) is 52.9 Å². The van der Waals surface area contributed by atoms with E-state index in [2.05, 4.69) is 5.32 Å². The Morgan fingerprint density at radius 3 is 2.61 bits per heavy atom. The molecule has 10 heteroatoms. The number of amides is 1. The summed E-state index contributed by atoms with van der Waals surface area (Å²) in [5.74, 6) is -0.805. The Morgan fingerprint density at radius 2 is 1.90 bits per heavy atom. The lowest BCUT2D eigenvalue weighted by atomic mass is 10.2. The molecule has 160 valence electrons. The van der Waals surface area contributed by atoms with Gasteiger partial charge in [0.05, 0.1) is 34.5 Å². The molecule has 1 aliphatic rings. The van der Waals surface area contributed by atoms with Crippen LogP contribution in [0.5, 0.6) is 0 Å². The Labute approximate surface area is 181 Å². The number of ether oxygens (including phenoxy) is 1. The molecule has 0 aliphatic carbocycles. The molecular weight excluding hydrogens is 429 g/mol. The molecule has 2 heterocycles. The molecule has 0 unspecified atom stereocenters. The molecule has 1 aliphatic heterocycles. The number of anilines is 2. The summed E-state index contributed by atoms with van der Waals surface area (Å²) in [7, 11) is 0. The number of rotatable bonds is 5. The summed E-state index contributed by atoms with van der Waals surface area (Å²) < 4.78 is 24.3. The number of hydrogen-bond acceptors (Lipinski definition) is 6. The fourth-order valence-corrected chi connectivity index (χ4v) is 3.45. The highest BCUT2D eigenvalue weighted by molar-refractivity contribution is 6.31. The fourth-order valence-electron chi connectivity index (χ4n) is 3.27. The van der Waals surface area contributed by atoms with E-state index in [9.17, 15) is 19.3 Å². The lowest BCUT2D eigenvalue weighted by Crippen LogP contribution is -2.36. The molecule has 4 rings (SSSR count). The summed E-state index contributed by atoms with van der Waals surface area (Å²) in [5.41, 5.74) is 1.31. The molecule has 3 aromatic rings. The molecule has 0 spiro atoms. The minimum atomic E-state index is -0.575. The van der Waals surface area contributed by atoms with Gasteiger partial charge in [-0.05, 0) is 36.4 Å². The Hall–Kier alpha value is -3.43. The van der Waals surface area contributed by atoms with Crippen molar-refractivity contribution in [2.75, 3.05) is 36.5 Å². The van der Waals surface area contributed by atoms with Crippen LogP contribution in [0.25, 0.3) is 11.3 Å². The van der Waals surface area contributed by atoms with Crippen LogP contribution in [-0.2, 0) is 4.74 Å². The average molecular weight is 446 g/mol. The van der Waals surface area contributed by atoms with Crippen molar-refractivity contribution < 1.29 is 23.3 Å². The minimum absolute atomic E-state index is 0.00474. The van der Waals surface area contributed by atoms with Gasteiger partial charge in [0.15, 0.2) is 5.76 Å². The van der Waals surface area contributed by atoms with Crippen LogP contribution < -0.4 is 10.2 Å². The predicted octanol–water partition coefficient (Wildman–Crippen LogP) is 4.74. The summed E-state index contributed by atoms with van der Waals surface area (Å²) in [4.78, 5) is 25.5. The molecule has 0 atom stereocenters. The molecule has 0 radical (unpaired) electrons. The first-order valence-corrected chi connectivity index (χ1v) is 9.78. The second-order valence-corrected chi connectivity index (χ2v) is 7.21. The number of hydrogen-bond donors (Lipinski definition) is 1. The third-order valence-electron chi connectivity index (χ3n) is 4.82. The first-order chi connectivity index (χ1) is 14.9. The number of non-ortho nitro benzene ring substituents is 1. The second-order valence-electron chi connectivity index (χ2n) is 6.80. The number of morpholine rings is 1. The average Bonchev–Trinajstić information content (AvgIpc) is 3.27. The van der Waals surface area contributed by atoms with Gasteiger partial charge in [0.2, 0.25) is 0 Å². The zero-order chi connectivity index (χ0) is 22.0. The number of carbonyl (C=O) groups excluding carboxylic acids is 1. The molecule has 1 amide bonds. The highest BCUT2D eigenvalue weighted by Gasteiger charge is 2.21. The van der Waals surface area contributed by atoms with E-state index in [0.29, 0.717) is 49.0 Å². The highest BCUT2D eigenvalue weighted by Crippen LogP contribution is 2.32. The smallest absolute Gasteiger partial charge is 0.291 e. The van der Waals surface area contributed by atoms with Crippen molar-refractivity contribution >= 4 is 34.6 Å². The van der Waals surface area contributed by atoms with Crippen LogP contribution in [0.3, 0.4) is 0 Å². The Bertz CT molecular complexity index is 1140. The first-order valence-electron chi connectivity index (χ1n) is 9.40. The van der Waals surface area contributed by atoms with Crippen molar-refractivity contribution in [2.45, 2.75) is 0 Å². The normalized spacial score (nSPS) is 13.8. The van der Waals surface area contributed by atoms with Gasteiger partial charge in [-0.25, -0.2) is 4.39 Å². The molecule has 1 fully saturated rings. The number of nitro groups is 1. The number of furan rings is 1. The van der Waals surface area contributed by atoms with E-state index in [1.54, 1.807) is 12.1 Å². The van der Waals surface area contributed by atoms with Gasteiger partial charge in [-0.2, -0.15) is 0 Å².